The average Bonchev–Trinajstić information content (AvgIpc) is 3.18. The van der Waals surface area contributed by atoms with Crippen LogP contribution >= 0.6 is 27.3 Å². The van der Waals surface area contributed by atoms with Gasteiger partial charge in [0, 0.05) is 16.9 Å². The minimum Gasteiger partial charge on any atom is -0.339 e. The van der Waals surface area contributed by atoms with Crippen LogP contribution in [0.25, 0.3) is 16.2 Å². The van der Waals surface area contributed by atoms with Crippen LogP contribution < -0.4 is 5.32 Å². The van der Waals surface area contributed by atoms with Crippen LogP contribution in [0.4, 0.5) is 11.5 Å². The van der Waals surface area contributed by atoms with Gasteiger partial charge in [-0.3, -0.25) is 9.38 Å². The van der Waals surface area contributed by atoms with Crippen molar-refractivity contribution in [1.29, 1.82) is 0 Å². The molecule has 23 heavy (non-hydrogen) atoms. The molecule has 0 bridgehead atoms. The van der Waals surface area contributed by atoms with Crippen LogP contribution in [-0.4, -0.2) is 14.4 Å². The summed E-state index contributed by atoms with van der Waals surface area (Å²) >= 11 is 5.30. The van der Waals surface area contributed by atoms with Crippen molar-refractivity contribution in [3.8, 4) is 10.6 Å². The van der Waals surface area contributed by atoms with Crippen LogP contribution in [0.5, 0.6) is 0 Å². The second-order valence-corrected chi connectivity index (χ2v) is 7.00. The van der Waals surface area contributed by atoms with E-state index < -0.39 is 0 Å². The smallest absolute Gasteiger partial charge is 0.157 e. The van der Waals surface area contributed by atoms with Crippen LogP contribution in [0.15, 0.2) is 58.8 Å². The van der Waals surface area contributed by atoms with Crippen molar-refractivity contribution in [2.75, 3.05) is 5.32 Å². The van der Waals surface area contributed by atoms with Gasteiger partial charge in [-0.1, -0.05) is 12.1 Å². The van der Waals surface area contributed by atoms with Crippen molar-refractivity contribution in [2.45, 2.75) is 6.92 Å². The van der Waals surface area contributed by atoms with Gasteiger partial charge >= 0.3 is 0 Å². The van der Waals surface area contributed by atoms with Gasteiger partial charge in [0.15, 0.2) is 5.65 Å². The minimum absolute atomic E-state index is 0.821. The number of aromatic nitrogens is 3. The standard InChI is InChI=1S/C17H13BrN4S/c1-11-4-5-13(12(18)9-11)20-17-16(14-3-2-8-23-14)21-15-10-19-6-7-22(15)17/h2-10,20H,1H3. The van der Waals surface area contributed by atoms with E-state index in [1.807, 2.05) is 16.7 Å². The van der Waals surface area contributed by atoms with Gasteiger partial charge in [0.2, 0.25) is 0 Å². The van der Waals surface area contributed by atoms with Crippen molar-refractivity contribution in [1.82, 2.24) is 14.4 Å². The Balaban J connectivity index is 1.89. The van der Waals surface area contributed by atoms with E-state index in [-0.39, 0.29) is 0 Å². The molecule has 0 saturated carbocycles. The molecule has 0 atom stereocenters. The maximum Gasteiger partial charge on any atom is 0.157 e. The van der Waals surface area contributed by atoms with E-state index >= 15 is 0 Å². The predicted octanol–water partition coefficient (Wildman–Crippen LogP) is 5.27. The van der Waals surface area contributed by atoms with Gasteiger partial charge in [-0.25, -0.2) is 4.98 Å². The van der Waals surface area contributed by atoms with Crippen molar-refractivity contribution >= 4 is 44.4 Å². The van der Waals surface area contributed by atoms with Crippen LogP contribution in [0.1, 0.15) is 5.56 Å². The first-order chi connectivity index (χ1) is 11.2. The fourth-order valence-corrected chi connectivity index (χ4v) is 3.77. The number of aryl methyl sites for hydroxylation is 1. The van der Waals surface area contributed by atoms with Gasteiger partial charge in [0.1, 0.15) is 11.5 Å². The molecule has 4 aromatic rings. The molecule has 1 aromatic carbocycles. The minimum atomic E-state index is 0.821. The molecule has 0 amide bonds. The van der Waals surface area contributed by atoms with Crippen LogP contribution in [0.3, 0.4) is 0 Å². The highest BCUT2D eigenvalue weighted by Crippen LogP contribution is 2.35. The zero-order valence-electron chi connectivity index (χ0n) is 12.3. The molecule has 0 spiro atoms. The molecule has 0 radical (unpaired) electrons. The number of fused-ring (bicyclic) bond motifs is 1. The number of nitrogens with zero attached hydrogens (tertiary/aromatic N) is 3. The topological polar surface area (TPSA) is 42.2 Å². The molecule has 0 saturated heterocycles. The molecule has 4 nitrogen and oxygen atoms in total. The summed E-state index contributed by atoms with van der Waals surface area (Å²) in [5.41, 5.74) is 3.97. The number of halogens is 1. The van der Waals surface area contributed by atoms with Crippen molar-refractivity contribution in [3.63, 3.8) is 0 Å². The SMILES string of the molecule is Cc1ccc(Nc2c(-c3cccs3)nc3cnccn23)c(Br)c1. The summed E-state index contributed by atoms with van der Waals surface area (Å²) in [4.78, 5) is 10.0. The zero-order valence-corrected chi connectivity index (χ0v) is 14.7. The summed E-state index contributed by atoms with van der Waals surface area (Å²) in [6.07, 6.45) is 5.46. The summed E-state index contributed by atoms with van der Waals surface area (Å²) in [6, 6.07) is 10.4. The molecule has 0 unspecified atom stereocenters. The Bertz CT molecular complexity index is 976. The number of benzene rings is 1. The Morgan fingerprint density at radius 1 is 1.26 bits per heavy atom. The number of rotatable bonds is 3. The van der Waals surface area contributed by atoms with Gasteiger partial charge in [0.05, 0.1) is 16.8 Å². The molecule has 0 aliphatic carbocycles. The van der Waals surface area contributed by atoms with E-state index in [9.17, 15) is 0 Å². The normalized spacial score (nSPS) is 11.0. The number of anilines is 2. The second-order valence-electron chi connectivity index (χ2n) is 5.20. The molecule has 0 aliphatic rings. The highest BCUT2D eigenvalue weighted by molar-refractivity contribution is 9.10. The van der Waals surface area contributed by atoms with Crippen LogP contribution in [0.2, 0.25) is 0 Å². The maximum atomic E-state index is 4.73. The van der Waals surface area contributed by atoms with E-state index in [0.717, 1.165) is 32.2 Å². The predicted molar refractivity (Wildman–Crippen MR) is 98.5 cm³/mol. The Morgan fingerprint density at radius 2 is 2.17 bits per heavy atom. The third-order valence-corrected chi connectivity index (χ3v) is 5.10. The first-order valence-corrected chi connectivity index (χ1v) is 8.79. The summed E-state index contributed by atoms with van der Waals surface area (Å²) in [5.74, 6) is 0.939. The van der Waals surface area contributed by atoms with Gasteiger partial charge in [-0.15, -0.1) is 11.3 Å². The first kappa shape index (κ1) is 14.4. The van der Waals surface area contributed by atoms with Crippen molar-refractivity contribution in [3.05, 3.63) is 64.3 Å². The number of imidazole rings is 1. The molecule has 0 fully saturated rings. The van der Waals surface area contributed by atoms with E-state index in [1.165, 1.54) is 5.56 Å². The van der Waals surface area contributed by atoms with Crippen molar-refractivity contribution < 1.29 is 0 Å². The molecule has 0 aliphatic heterocycles. The third-order valence-electron chi connectivity index (χ3n) is 3.56. The second kappa shape index (κ2) is 5.79. The zero-order chi connectivity index (χ0) is 15.8. The van der Waals surface area contributed by atoms with Gasteiger partial charge < -0.3 is 5.32 Å². The van der Waals surface area contributed by atoms with Crippen molar-refractivity contribution in [2.24, 2.45) is 0 Å². The van der Waals surface area contributed by atoms with Gasteiger partial charge in [0.25, 0.3) is 0 Å². The Morgan fingerprint density at radius 3 is 2.96 bits per heavy atom. The Hall–Kier alpha value is -2.18. The summed E-state index contributed by atoms with van der Waals surface area (Å²) in [6.45, 7) is 2.07. The van der Waals surface area contributed by atoms with Gasteiger partial charge in [-0.2, -0.15) is 0 Å². The average molecular weight is 385 g/mol. The van der Waals surface area contributed by atoms with Crippen LogP contribution in [-0.2, 0) is 0 Å². The summed E-state index contributed by atoms with van der Waals surface area (Å²) in [7, 11) is 0. The lowest BCUT2D eigenvalue weighted by molar-refractivity contribution is 1.13. The quantitative estimate of drug-likeness (QED) is 0.522. The third kappa shape index (κ3) is 2.64. The van der Waals surface area contributed by atoms with E-state index in [0.29, 0.717) is 0 Å². The highest BCUT2D eigenvalue weighted by atomic mass is 79.9. The summed E-state index contributed by atoms with van der Waals surface area (Å²) < 4.78 is 3.05. The lowest BCUT2D eigenvalue weighted by Crippen LogP contribution is -1.97. The molecule has 3 aromatic heterocycles. The first-order valence-electron chi connectivity index (χ1n) is 7.11. The van der Waals surface area contributed by atoms with E-state index in [4.69, 9.17) is 4.98 Å². The fourth-order valence-electron chi connectivity index (χ4n) is 2.46. The largest absolute Gasteiger partial charge is 0.339 e. The Kier molecular flexibility index (Phi) is 3.63. The highest BCUT2D eigenvalue weighted by Gasteiger charge is 2.16. The number of hydrogen-bond donors (Lipinski definition) is 1. The monoisotopic (exact) mass is 384 g/mol. The molecule has 1 N–H and O–H groups in total. The fraction of sp³-hybridized carbons (Fsp3) is 0.0588. The lowest BCUT2D eigenvalue weighted by atomic mass is 10.2. The number of thiophene rings is 1. The van der Waals surface area contributed by atoms with Gasteiger partial charge in [-0.05, 0) is 52.0 Å². The molecule has 4 rings (SSSR count). The van der Waals surface area contributed by atoms with Crippen LogP contribution in [0, 0.1) is 6.92 Å². The molecular weight excluding hydrogens is 372 g/mol. The Labute approximate surface area is 146 Å². The summed E-state index contributed by atoms with van der Waals surface area (Å²) in [5, 5.41) is 5.57. The van der Waals surface area contributed by atoms with E-state index in [1.54, 1.807) is 23.7 Å². The molecule has 3 heterocycles. The number of nitrogens with one attached hydrogen (secondary N) is 1. The lowest BCUT2D eigenvalue weighted by Gasteiger charge is -2.10. The molecule has 114 valence electrons. The number of hydrogen-bond acceptors (Lipinski definition) is 4. The molecule has 6 heteroatoms. The maximum absolute atomic E-state index is 4.73. The molecular formula is C17H13BrN4S. The van der Waals surface area contributed by atoms with E-state index in [2.05, 4.69) is 62.8 Å².